The second kappa shape index (κ2) is 7.41. The molecule has 1 aliphatic heterocycles. The fraction of sp³-hybridized carbons (Fsp3) is 0.0909. The molecule has 0 saturated heterocycles. The maximum atomic E-state index is 12.7. The van der Waals surface area contributed by atoms with E-state index >= 15 is 0 Å². The Morgan fingerprint density at radius 3 is 2.71 bits per heavy atom. The zero-order chi connectivity index (χ0) is 21.5. The monoisotopic (exact) mass is 435 g/mol. The summed E-state index contributed by atoms with van der Waals surface area (Å²) in [6, 6.07) is 11.1. The first-order chi connectivity index (χ1) is 15.0. The van der Waals surface area contributed by atoms with E-state index in [1.807, 2.05) is 0 Å². The van der Waals surface area contributed by atoms with Crippen molar-refractivity contribution in [3.63, 3.8) is 0 Å². The number of hydrogen-bond donors (Lipinski definition) is 0. The minimum absolute atomic E-state index is 0.0248. The number of amides is 2. The van der Waals surface area contributed by atoms with Gasteiger partial charge in [0.2, 0.25) is 0 Å². The number of pyridine rings is 1. The Balaban J connectivity index is 1.31. The van der Waals surface area contributed by atoms with E-state index in [9.17, 15) is 14.4 Å². The van der Waals surface area contributed by atoms with Crippen molar-refractivity contribution in [3.05, 3.63) is 94.3 Å². The van der Waals surface area contributed by atoms with Crippen molar-refractivity contribution >= 4 is 35.0 Å². The standard InChI is InChI=1S/C22H14ClN3O5/c23-14-4-6-19-24-15(10-25(19)9-14)12-31-22(29)13-3-5-17-18(8-13)21(28)26(20(17)27)11-16-2-1-7-30-16/h1-10H,11-12H2. The fourth-order valence-electron chi connectivity index (χ4n) is 3.43. The Labute approximate surface area is 180 Å². The van der Waals surface area contributed by atoms with Crippen molar-refractivity contribution in [3.8, 4) is 0 Å². The lowest BCUT2D eigenvalue weighted by molar-refractivity contribution is 0.0468. The van der Waals surface area contributed by atoms with E-state index in [0.29, 0.717) is 22.1 Å². The van der Waals surface area contributed by atoms with Crippen LogP contribution in [0.25, 0.3) is 5.65 Å². The number of carbonyl (C=O) groups excluding carboxylic acids is 3. The first-order valence-electron chi connectivity index (χ1n) is 9.32. The van der Waals surface area contributed by atoms with E-state index < -0.39 is 17.8 Å². The Hall–Kier alpha value is -3.91. The van der Waals surface area contributed by atoms with Crippen LogP contribution in [0.3, 0.4) is 0 Å². The van der Waals surface area contributed by atoms with Crippen LogP contribution in [0.5, 0.6) is 0 Å². The zero-order valence-corrected chi connectivity index (χ0v) is 16.7. The molecule has 1 aromatic carbocycles. The first kappa shape index (κ1) is 19.1. The molecule has 0 atom stereocenters. The number of hydrogen-bond acceptors (Lipinski definition) is 6. The van der Waals surface area contributed by atoms with Gasteiger partial charge in [0.05, 0.1) is 40.2 Å². The number of halogens is 1. The largest absolute Gasteiger partial charge is 0.467 e. The normalized spacial score (nSPS) is 13.1. The minimum atomic E-state index is -0.623. The molecule has 154 valence electrons. The summed E-state index contributed by atoms with van der Waals surface area (Å²) in [6.45, 7) is -0.0241. The average molecular weight is 436 g/mol. The molecule has 0 aliphatic carbocycles. The zero-order valence-electron chi connectivity index (χ0n) is 15.9. The summed E-state index contributed by atoms with van der Waals surface area (Å²) in [5.74, 6) is -1.05. The van der Waals surface area contributed by atoms with Crippen LogP contribution in [0.4, 0.5) is 0 Å². The second-order valence-corrected chi connectivity index (χ2v) is 7.39. The highest BCUT2D eigenvalue weighted by Gasteiger charge is 2.36. The van der Waals surface area contributed by atoms with Gasteiger partial charge in [-0.15, -0.1) is 0 Å². The number of imidazole rings is 1. The number of fused-ring (bicyclic) bond motifs is 2. The number of furan rings is 1. The molecule has 0 N–H and O–H groups in total. The van der Waals surface area contributed by atoms with Crippen LogP contribution in [0.15, 0.2) is 65.5 Å². The van der Waals surface area contributed by atoms with Gasteiger partial charge in [0.15, 0.2) is 0 Å². The summed E-state index contributed by atoms with van der Waals surface area (Å²) in [4.78, 5) is 43.2. The Bertz CT molecular complexity index is 1340. The molecule has 0 spiro atoms. The highest BCUT2D eigenvalue weighted by atomic mass is 35.5. The predicted molar refractivity (Wildman–Crippen MR) is 109 cm³/mol. The molecule has 3 aromatic heterocycles. The molecule has 1 aliphatic rings. The van der Waals surface area contributed by atoms with Crippen LogP contribution >= 0.6 is 11.6 Å². The van der Waals surface area contributed by atoms with Gasteiger partial charge in [0, 0.05) is 12.4 Å². The third kappa shape index (κ3) is 3.47. The Morgan fingerprint density at radius 1 is 1.06 bits per heavy atom. The molecule has 2 amide bonds. The van der Waals surface area contributed by atoms with E-state index in [1.54, 1.807) is 41.1 Å². The van der Waals surface area contributed by atoms with Crippen molar-refractivity contribution in [2.24, 2.45) is 0 Å². The van der Waals surface area contributed by atoms with Crippen LogP contribution in [-0.2, 0) is 17.9 Å². The summed E-state index contributed by atoms with van der Waals surface area (Å²) in [7, 11) is 0. The lowest BCUT2D eigenvalue weighted by Gasteiger charge is -2.11. The lowest BCUT2D eigenvalue weighted by Crippen LogP contribution is -2.28. The molecule has 5 rings (SSSR count). The van der Waals surface area contributed by atoms with Gasteiger partial charge in [0.1, 0.15) is 18.0 Å². The van der Waals surface area contributed by atoms with Gasteiger partial charge in [-0.1, -0.05) is 11.6 Å². The molecular weight excluding hydrogens is 422 g/mol. The summed E-state index contributed by atoms with van der Waals surface area (Å²) in [6.07, 6.45) is 4.89. The number of rotatable bonds is 5. The van der Waals surface area contributed by atoms with Gasteiger partial charge in [-0.05, 0) is 42.5 Å². The minimum Gasteiger partial charge on any atom is -0.467 e. The highest BCUT2D eigenvalue weighted by molar-refractivity contribution is 6.30. The van der Waals surface area contributed by atoms with Crippen molar-refractivity contribution in [1.82, 2.24) is 14.3 Å². The molecule has 4 heterocycles. The number of imide groups is 1. The number of ether oxygens (including phenoxy) is 1. The third-order valence-corrected chi connectivity index (χ3v) is 5.14. The summed E-state index contributed by atoms with van der Waals surface area (Å²) in [5, 5.41) is 0.562. The molecule has 8 nitrogen and oxygen atoms in total. The van der Waals surface area contributed by atoms with Crippen LogP contribution in [0.1, 0.15) is 42.5 Å². The SMILES string of the molecule is O=C(OCc1cn2cc(Cl)ccc2n1)c1ccc2c(c1)C(=O)N(Cc1ccco1)C2=O. The smallest absolute Gasteiger partial charge is 0.338 e. The molecule has 9 heteroatoms. The first-order valence-corrected chi connectivity index (χ1v) is 9.70. The maximum Gasteiger partial charge on any atom is 0.338 e. The molecule has 31 heavy (non-hydrogen) atoms. The second-order valence-electron chi connectivity index (χ2n) is 6.96. The van der Waals surface area contributed by atoms with Crippen molar-refractivity contribution in [2.45, 2.75) is 13.2 Å². The fourth-order valence-corrected chi connectivity index (χ4v) is 3.60. The number of carbonyl (C=O) groups is 3. The van der Waals surface area contributed by atoms with Crippen LogP contribution < -0.4 is 0 Å². The van der Waals surface area contributed by atoms with Gasteiger partial charge in [-0.3, -0.25) is 14.5 Å². The third-order valence-electron chi connectivity index (χ3n) is 4.92. The number of aromatic nitrogens is 2. The summed E-state index contributed by atoms with van der Waals surface area (Å²) in [5.41, 5.74) is 1.80. The molecule has 4 aromatic rings. The van der Waals surface area contributed by atoms with E-state index in [2.05, 4.69) is 4.98 Å². The van der Waals surface area contributed by atoms with Crippen molar-refractivity contribution in [1.29, 1.82) is 0 Å². The average Bonchev–Trinajstić information content (AvgIpc) is 3.47. The Kier molecular flexibility index (Phi) is 4.56. The van der Waals surface area contributed by atoms with Crippen LogP contribution in [-0.4, -0.2) is 32.1 Å². The molecule has 0 saturated carbocycles. The van der Waals surface area contributed by atoms with Crippen LogP contribution in [0, 0.1) is 0 Å². The molecule has 0 unspecified atom stereocenters. The highest BCUT2D eigenvalue weighted by Crippen LogP contribution is 2.26. The van der Waals surface area contributed by atoms with Crippen molar-refractivity contribution < 1.29 is 23.5 Å². The molecule has 0 fully saturated rings. The predicted octanol–water partition coefficient (Wildman–Crippen LogP) is 3.73. The summed E-state index contributed by atoms with van der Waals surface area (Å²) < 4.78 is 12.3. The van der Waals surface area contributed by atoms with Crippen LogP contribution in [0.2, 0.25) is 5.02 Å². The molecular formula is C22H14ClN3O5. The van der Waals surface area contributed by atoms with E-state index in [4.69, 9.17) is 20.8 Å². The lowest BCUT2D eigenvalue weighted by atomic mass is 10.1. The number of nitrogens with zero attached hydrogens (tertiary/aromatic N) is 3. The number of benzene rings is 1. The van der Waals surface area contributed by atoms with Gasteiger partial charge >= 0.3 is 5.97 Å². The van der Waals surface area contributed by atoms with E-state index in [1.165, 1.54) is 24.5 Å². The molecule has 0 bridgehead atoms. The van der Waals surface area contributed by atoms with Gasteiger partial charge in [-0.25, -0.2) is 9.78 Å². The van der Waals surface area contributed by atoms with Gasteiger partial charge in [0.25, 0.3) is 11.8 Å². The maximum absolute atomic E-state index is 12.7. The Morgan fingerprint density at radius 2 is 1.90 bits per heavy atom. The van der Waals surface area contributed by atoms with E-state index in [0.717, 1.165) is 4.90 Å². The topological polar surface area (TPSA) is 94.1 Å². The number of esters is 1. The molecule has 0 radical (unpaired) electrons. The van der Waals surface area contributed by atoms with Gasteiger partial charge in [-0.2, -0.15) is 0 Å². The van der Waals surface area contributed by atoms with Crippen molar-refractivity contribution in [2.75, 3.05) is 0 Å². The van der Waals surface area contributed by atoms with Gasteiger partial charge < -0.3 is 13.6 Å². The van der Waals surface area contributed by atoms with E-state index in [-0.39, 0.29) is 29.8 Å². The summed E-state index contributed by atoms with van der Waals surface area (Å²) >= 11 is 5.96. The quantitative estimate of drug-likeness (QED) is 0.350.